The van der Waals surface area contributed by atoms with Crippen molar-refractivity contribution in [2.45, 2.75) is 25.1 Å². The summed E-state index contributed by atoms with van der Waals surface area (Å²) in [5.74, 6) is -2.13. The Morgan fingerprint density at radius 2 is 1.86 bits per heavy atom. The summed E-state index contributed by atoms with van der Waals surface area (Å²) in [5.41, 5.74) is -1.21. The summed E-state index contributed by atoms with van der Waals surface area (Å²) in [7, 11) is 0. The second-order valence-electron chi connectivity index (χ2n) is 4.95. The summed E-state index contributed by atoms with van der Waals surface area (Å²) in [5, 5.41) is 9.01. The highest BCUT2D eigenvalue weighted by atomic mass is 19.4. The van der Waals surface area contributed by atoms with E-state index in [4.69, 9.17) is 5.11 Å². The fraction of sp³-hybridized carbons (Fsp3) is 0.333. The zero-order chi connectivity index (χ0) is 16.3. The molecule has 0 aliphatic carbocycles. The van der Waals surface area contributed by atoms with Crippen molar-refractivity contribution in [3.63, 3.8) is 0 Å². The summed E-state index contributed by atoms with van der Waals surface area (Å²) in [6.45, 7) is 0.145. The number of carbonyl (C=O) groups excluding carboxylic acids is 1. The van der Waals surface area contributed by atoms with Crippen LogP contribution in [0.2, 0.25) is 0 Å². The number of halogens is 3. The second-order valence-corrected chi connectivity index (χ2v) is 4.95. The third kappa shape index (κ3) is 3.47. The number of nitrogens with zero attached hydrogens (tertiary/aromatic N) is 1. The van der Waals surface area contributed by atoms with Crippen molar-refractivity contribution in [2.24, 2.45) is 0 Å². The summed E-state index contributed by atoms with van der Waals surface area (Å²) in [6, 6.07) is 5.90. The van der Waals surface area contributed by atoms with Crippen LogP contribution in [0.1, 0.15) is 18.4 Å². The van der Waals surface area contributed by atoms with Crippen molar-refractivity contribution in [2.75, 3.05) is 6.54 Å². The first-order chi connectivity index (χ1) is 10.3. The van der Waals surface area contributed by atoms with Crippen LogP contribution in [0.15, 0.2) is 36.4 Å². The number of carboxylic acid groups (broad SMARTS) is 1. The highest BCUT2D eigenvalue weighted by molar-refractivity contribution is 5.98. The van der Waals surface area contributed by atoms with Crippen LogP contribution < -0.4 is 0 Å². The van der Waals surface area contributed by atoms with Gasteiger partial charge in [0.2, 0.25) is 5.91 Å². The van der Waals surface area contributed by atoms with Gasteiger partial charge in [-0.3, -0.25) is 4.79 Å². The minimum Gasteiger partial charge on any atom is -0.480 e. The standard InChI is InChI=1S/C15H14F3NO3/c16-15(17,18)11(10-5-2-1-3-6-10)9-13(20)19-8-4-7-12(19)14(21)22/h1-3,5-6,9,12H,4,7-8H2,(H,21,22)/b11-9+/t12-/m1/s1. The van der Waals surface area contributed by atoms with Gasteiger partial charge in [0.15, 0.2) is 0 Å². The fourth-order valence-corrected chi connectivity index (χ4v) is 2.44. The topological polar surface area (TPSA) is 57.6 Å². The van der Waals surface area contributed by atoms with Crippen LogP contribution in [0.4, 0.5) is 13.2 Å². The largest absolute Gasteiger partial charge is 0.480 e. The van der Waals surface area contributed by atoms with Gasteiger partial charge in [-0.1, -0.05) is 30.3 Å². The third-order valence-electron chi connectivity index (χ3n) is 3.48. The first-order valence-electron chi connectivity index (χ1n) is 6.68. The number of likely N-dealkylation sites (tertiary alicyclic amines) is 1. The van der Waals surface area contributed by atoms with Gasteiger partial charge < -0.3 is 10.0 Å². The predicted octanol–water partition coefficient (Wildman–Crippen LogP) is 2.71. The SMILES string of the molecule is O=C(O)[C@H]1CCCN1C(=O)/C=C(\c1ccccc1)C(F)(F)F. The van der Waals surface area contributed by atoms with E-state index in [2.05, 4.69) is 0 Å². The van der Waals surface area contributed by atoms with E-state index in [0.717, 1.165) is 4.90 Å². The Balaban J connectivity index is 2.34. The zero-order valence-corrected chi connectivity index (χ0v) is 11.5. The highest BCUT2D eigenvalue weighted by Crippen LogP contribution is 2.34. The van der Waals surface area contributed by atoms with Crippen molar-refractivity contribution >= 4 is 17.4 Å². The molecule has 1 aliphatic rings. The Labute approximate surface area is 124 Å². The Kier molecular flexibility index (Phi) is 4.54. The lowest BCUT2D eigenvalue weighted by Crippen LogP contribution is -2.39. The van der Waals surface area contributed by atoms with Crippen LogP contribution >= 0.6 is 0 Å². The number of benzene rings is 1. The highest BCUT2D eigenvalue weighted by Gasteiger charge is 2.38. The molecule has 1 N–H and O–H groups in total. The molecule has 1 fully saturated rings. The molecule has 2 rings (SSSR count). The number of hydrogen-bond donors (Lipinski definition) is 1. The molecule has 1 heterocycles. The number of alkyl halides is 3. The van der Waals surface area contributed by atoms with Crippen molar-refractivity contribution in [1.29, 1.82) is 0 Å². The van der Waals surface area contributed by atoms with E-state index in [1.165, 1.54) is 24.3 Å². The van der Waals surface area contributed by atoms with E-state index < -0.39 is 29.7 Å². The molecule has 0 spiro atoms. The molecule has 1 saturated heterocycles. The van der Waals surface area contributed by atoms with Gasteiger partial charge in [-0.25, -0.2) is 4.79 Å². The minimum atomic E-state index is -4.70. The number of amides is 1. The quantitative estimate of drug-likeness (QED) is 0.873. The van der Waals surface area contributed by atoms with Gasteiger partial charge in [-0.05, 0) is 18.4 Å². The molecule has 1 aromatic rings. The van der Waals surface area contributed by atoms with E-state index in [1.54, 1.807) is 6.07 Å². The first-order valence-corrected chi connectivity index (χ1v) is 6.68. The van der Waals surface area contributed by atoms with Crippen LogP contribution in [-0.4, -0.2) is 40.6 Å². The lowest BCUT2D eigenvalue weighted by molar-refractivity contribution is -0.146. The van der Waals surface area contributed by atoms with Crippen molar-refractivity contribution < 1.29 is 27.9 Å². The Bertz CT molecular complexity index is 596. The number of carboxylic acids is 1. The lowest BCUT2D eigenvalue weighted by Gasteiger charge is -2.21. The van der Waals surface area contributed by atoms with E-state index in [-0.39, 0.29) is 18.5 Å². The van der Waals surface area contributed by atoms with Crippen LogP contribution in [0.5, 0.6) is 0 Å². The maximum atomic E-state index is 13.2. The number of carbonyl (C=O) groups is 2. The molecule has 0 bridgehead atoms. The number of allylic oxidation sites excluding steroid dienone is 1. The minimum absolute atomic E-state index is 0.130. The number of aliphatic carboxylic acids is 1. The molecule has 1 aliphatic heterocycles. The third-order valence-corrected chi connectivity index (χ3v) is 3.48. The average Bonchev–Trinajstić information content (AvgIpc) is 2.94. The molecule has 1 aromatic carbocycles. The summed E-state index contributed by atoms with van der Waals surface area (Å²) in [4.78, 5) is 24.1. The molecule has 1 atom stereocenters. The van der Waals surface area contributed by atoms with Crippen LogP contribution in [-0.2, 0) is 9.59 Å². The van der Waals surface area contributed by atoms with Gasteiger partial charge in [-0.15, -0.1) is 0 Å². The molecule has 4 nitrogen and oxygen atoms in total. The van der Waals surface area contributed by atoms with Gasteiger partial charge >= 0.3 is 12.1 Å². The molecule has 118 valence electrons. The second kappa shape index (κ2) is 6.21. The van der Waals surface area contributed by atoms with Crippen molar-refractivity contribution in [3.05, 3.63) is 42.0 Å². The van der Waals surface area contributed by atoms with Crippen molar-refractivity contribution in [1.82, 2.24) is 4.90 Å². The fourth-order valence-electron chi connectivity index (χ4n) is 2.44. The molecule has 1 amide bonds. The summed E-state index contributed by atoms with van der Waals surface area (Å²) in [6.07, 6.45) is -3.50. The monoisotopic (exact) mass is 313 g/mol. The normalized spacial score (nSPS) is 19.3. The Morgan fingerprint density at radius 3 is 2.41 bits per heavy atom. The molecule has 22 heavy (non-hydrogen) atoms. The zero-order valence-electron chi connectivity index (χ0n) is 11.5. The van der Waals surface area contributed by atoms with Gasteiger partial charge in [-0.2, -0.15) is 13.2 Å². The molecule has 0 saturated carbocycles. The first kappa shape index (κ1) is 16.1. The van der Waals surface area contributed by atoms with Crippen LogP contribution in [0.3, 0.4) is 0 Å². The summed E-state index contributed by atoms with van der Waals surface area (Å²) < 4.78 is 39.5. The molecular formula is C15H14F3NO3. The van der Waals surface area contributed by atoms with Gasteiger partial charge in [0.25, 0.3) is 0 Å². The van der Waals surface area contributed by atoms with Gasteiger partial charge in [0.05, 0.1) is 5.57 Å². The van der Waals surface area contributed by atoms with E-state index in [0.29, 0.717) is 12.5 Å². The maximum Gasteiger partial charge on any atom is 0.417 e. The predicted molar refractivity (Wildman–Crippen MR) is 72.8 cm³/mol. The number of rotatable bonds is 3. The lowest BCUT2D eigenvalue weighted by atomic mass is 10.0. The summed E-state index contributed by atoms with van der Waals surface area (Å²) >= 11 is 0. The van der Waals surface area contributed by atoms with Gasteiger partial charge in [0, 0.05) is 12.6 Å². The number of hydrogen-bond acceptors (Lipinski definition) is 2. The van der Waals surface area contributed by atoms with Gasteiger partial charge in [0.1, 0.15) is 6.04 Å². The molecule has 7 heteroatoms. The Hall–Kier alpha value is -2.31. The van der Waals surface area contributed by atoms with E-state index in [1.807, 2.05) is 0 Å². The molecule has 0 aromatic heterocycles. The van der Waals surface area contributed by atoms with Crippen molar-refractivity contribution in [3.8, 4) is 0 Å². The van der Waals surface area contributed by atoms with Crippen LogP contribution in [0.25, 0.3) is 5.57 Å². The molecule has 0 unspecified atom stereocenters. The Morgan fingerprint density at radius 1 is 1.23 bits per heavy atom. The molecule has 0 radical (unpaired) electrons. The van der Waals surface area contributed by atoms with Crippen LogP contribution in [0, 0.1) is 0 Å². The smallest absolute Gasteiger partial charge is 0.417 e. The maximum absolute atomic E-state index is 13.2. The molecular weight excluding hydrogens is 299 g/mol. The average molecular weight is 313 g/mol. The van der Waals surface area contributed by atoms with E-state index in [9.17, 15) is 22.8 Å². The van der Waals surface area contributed by atoms with E-state index >= 15 is 0 Å².